The molecular formula is C23H24F3N3O4. The lowest BCUT2D eigenvalue weighted by Gasteiger charge is -2.33. The zero-order valence-electron chi connectivity index (χ0n) is 18.3. The average molecular weight is 463 g/mol. The molecule has 2 aromatic carbocycles. The lowest BCUT2D eigenvalue weighted by atomic mass is 10.0. The minimum Gasteiger partial charge on any atom is -0.497 e. The van der Waals surface area contributed by atoms with Gasteiger partial charge in [-0.3, -0.25) is 19.1 Å². The first kappa shape index (κ1) is 22.9. The molecule has 176 valence electrons. The highest BCUT2D eigenvalue weighted by atomic mass is 19.4. The smallest absolute Gasteiger partial charge is 0.497 e. The van der Waals surface area contributed by atoms with Crippen molar-refractivity contribution in [2.24, 2.45) is 7.05 Å². The SMILES string of the molecule is COc1ccc2c(c1)n(C)c(=O)c(=O)n2C1CCN(Cc2ccc(OC(F)(F)F)cc2)CC1. The molecule has 0 spiro atoms. The summed E-state index contributed by atoms with van der Waals surface area (Å²) in [6, 6.07) is 11.0. The van der Waals surface area contributed by atoms with Crippen LogP contribution < -0.4 is 20.6 Å². The van der Waals surface area contributed by atoms with Crippen LogP contribution in [0.2, 0.25) is 0 Å². The molecule has 0 amide bonds. The zero-order valence-corrected chi connectivity index (χ0v) is 18.3. The van der Waals surface area contributed by atoms with Gasteiger partial charge in [-0.2, -0.15) is 0 Å². The molecule has 1 aliphatic rings. The van der Waals surface area contributed by atoms with Crippen LogP contribution in [-0.4, -0.2) is 40.6 Å². The second-order valence-corrected chi connectivity index (χ2v) is 8.09. The second-order valence-electron chi connectivity index (χ2n) is 8.09. The fourth-order valence-electron chi connectivity index (χ4n) is 4.32. The maximum Gasteiger partial charge on any atom is 0.573 e. The summed E-state index contributed by atoms with van der Waals surface area (Å²) in [4.78, 5) is 27.6. The molecule has 1 aliphatic heterocycles. The summed E-state index contributed by atoms with van der Waals surface area (Å²) in [5, 5.41) is 0. The molecule has 0 aliphatic carbocycles. The van der Waals surface area contributed by atoms with Gasteiger partial charge < -0.3 is 14.0 Å². The molecule has 7 nitrogen and oxygen atoms in total. The van der Waals surface area contributed by atoms with Gasteiger partial charge in [0, 0.05) is 38.8 Å². The van der Waals surface area contributed by atoms with Crippen molar-refractivity contribution < 1.29 is 22.6 Å². The van der Waals surface area contributed by atoms with E-state index in [2.05, 4.69) is 9.64 Å². The Labute approximate surface area is 187 Å². The van der Waals surface area contributed by atoms with Crippen molar-refractivity contribution >= 4 is 11.0 Å². The van der Waals surface area contributed by atoms with Gasteiger partial charge in [0.1, 0.15) is 11.5 Å². The van der Waals surface area contributed by atoms with E-state index in [9.17, 15) is 22.8 Å². The van der Waals surface area contributed by atoms with Crippen molar-refractivity contribution in [1.29, 1.82) is 0 Å². The van der Waals surface area contributed by atoms with Crippen molar-refractivity contribution in [3.05, 3.63) is 68.7 Å². The monoisotopic (exact) mass is 463 g/mol. The van der Waals surface area contributed by atoms with Crippen LogP contribution in [0.4, 0.5) is 13.2 Å². The zero-order chi connectivity index (χ0) is 23.8. The van der Waals surface area contributed by atoms with E-state index in [-0.39, 0.29) is 11.8 Å². The van der Waals surface area contributed by atoms with E-state index in [1.165, 1.54) is 16.7 Å². The first-order valence-corrected chi connectivity index (χ1v) is 10.5. The van der Waals surface area contributed by atoms with Gasteiger partial charge in [0.2, 0.25) is 0 Å². The van der Waals surface area contributed by atoms with Crippen LogP contribution in [0.3, 0.4) is 0 Å². The fourth-order valence-corrected chi connectivity index (χ4v) is 4.32. The number of halogens is 3. The summed E-state index contributed by atoms with van der Waals surface area (Å²) in [5.41, 5.74) is 1.05. The highest BCUT2D eigenvalue weighted by molar-refractivity contribution is 5.77. The van der Waals surface area contributed by atoms with Crippen molar-refractivity contribution in [1.82, 2.24) is 14.0 Å². The van der Waals surface area contributed by atoms with E-state index < -0.39 is 17.5 Å². The Morgan fingerprint density at radius 2 is 1.58 bits per heavy atom. The summed E-state index contributed by atoms with van der Waals surface area (Å²) in [7, 11) is 3.12. The Balaban J connectivity index is 1.49. The number of hydrogen-bond donors (Lipinski definition) is 0. The Bertz CT molecular complexity index is 1260. The molecule has 0 saturated carbocycles. The number of ether oxygens (including phenoxy) is 2. The minimum absolute atomic E-state index is 0.124. The first-order valence-electron chi connectivity index (χ1n) is 10.5. The third kappa shape index (κ3) is 4.90. The number of nitrogens with zero attached hydrogens (tertiary/aromatic N) is 3. The molecule has 4 rings (SSSR count). The summed E-state index contributed by atoms with van der Waals surface area (Å²) >= 11 is 0. The van der Waals surface area contributed by atoms with E-state index in [0.29, 0.717) is 49.3 Å². The van der Waals surface area contributed by atoms with Gasteiger partial charge in [-0.1, -0.05) is 12.1 Å². The molecule has 10 heteroatoms. The van der Waals surface area contributed by atoms with E-state index in [1.54, 1.807) is 49.1 Å². The number of benzene rings is 2. The summed E-state index contributed by atoms with van der Waals surface area (Å²) in [6.07, 6.45) is -3.37. The van der Waals surface area contributed by atoms with E-state index >= 15 is 0 Å². The first-order chi connectivity index (χ1) is 15.7. The van der Waals surface area contributed by atoms with Gasteiger partial charge in [0.25, 0.3) is 0 Å². The Morgan fingerprint density at radius 3 is 2.18 bits per heavy atom. The molecule has 33 heavy (non-hydrogen) atoms. The normalized spacial score (nSPS) is 15.7. The number of fused-ring (bicyclic) bond motifs is 1. The van der Waals surface area contributed by atoms with Gasteiger partial charge in [-0.05, 0) is 42.7 Å². The minimum atomic E-state index is -4.71. The maximum atomic E-state index is 12.9. The van der Waals surface area contributed by atoms with Crippen LogP contribution in [0.15, 0.2) is 52.1 Å². The predicted octanol–water partition coefficient (Wildman–Crippen LogP) is 3.44. The number of methoxy groups -OCH3 is 1. The van der Waals surface area contributed by atoms with Crippen LogP contribution >= 0.6 is 0 Å². The molecule has 0 radical (unpaired) electrons. The summed E-state index contributed by atoms with van der Waals surface area (Å²) < 4.78 is 49.1. The maximum absolute atomic E-state index is 12.9. The van der Waals surface area contributed by atoms with E-state index in [0.717, 1.165) is 5.56 Å². The quantitative estimate of drug-likeness (QED) is 0.543. The highest BCUT2D eigenvalue weighted by Crippen LogP contribution is 2.28. The van der Waals surface area contributed by atoms with E-state index in [4.69, 9.17) is 4.74 Å². The number of alkyl halides is 3. The molecule has 0 unspecified atom stereocenters. The number of hydrogen-bond acceptors (Lipinski definition) is 5. The lowest BCUT2D eigenvalue weighted by molar-refractivity contribution is -0.274. The van der Waals surface area contributed by atoms with Crippen molar-refractivity contribution in [2.45, 2.75) is 31.8 Å². The third-order valence-electron chi connectivity index (χ3n) is 6.00. The second kappa shape index (κ2) is 8.93. The lowest BCUT2D eigenvalue weighted by Crippen LogP contribution is -2.44. The average Bonchev–Trinajstić information content (AvgIpc) is 2.79. The number of aryl methyl sites for hydroxylation is 1. The van der Waals surface area contributed by atoms with Gasteiger partial charge in [-0.15, -0.1) is 13.2 Å². The molecule has 0 N–H and O–H groups in total. The number of piperidine rings is 1. The number of likely N-dealkylation sites (tertiary alicyclic amines) is 1. The van der Waals surface area contributed by atoms with Gasteiger partial charge in [-0.25, -0.2) is 0 Å². The van der Waals surface area contributed by atoms with Crippen LogP contribution in [0.25, 0.3) is 11.0 Å². The largest absolute Gasteiger partial charge is 0.573 e. The van der Waals surface area contributed by atoms with Crippen molar-refractivity contribution in [2.75, 3.05) is 20.2 Å². The molecule has 0 bridgehead atoms. The van der Waals surface area contributed by atoms with Crippen LogP contribution in [0, 0.1) is 0 Å². The van der Waals surface area contributed by atoms with Crippen LogP contribution in [-0.2, 0) is 13.6 Å². The fraction of sp³-hybridized carbons (Fsp3) is 0.391. The Hall–Kier alpha value is -3.27. The van der Waals surface area contributed by atoms with Gasteiger partial charge in [0.15, 0.2) is 0 Å². The number of rotatable bonds is 5. The standard InChI is InChI=1S/C23H24F3N3O4/c1-27-20-13-18(32-2)7-8-19(20)29(22(31)21(27)30)16-9-11-28(12-10-16)14-15-3-5-17(6-4-15)33-23(24,25)26/h3-8,13,16H,9-12,14H2,1-2H3. The Morgan fingerprint density at radius 1 is 0.939 bits per heavy atom. The summed E-state index contributed by atoms with van der Waals surface area (Å²) in [5.74, 6) is 0.350. The highest BCUT2D eigenvalue weighted by Gasteiger charge is 2.31. The van der Waals surface area contributed by atoms with Gasteiger partial charge >= 0.3 is 17.5 Å². The predicted molar refractivity (Wildman–Crippen MR) is 117 cm³/mol. The molecule has 0 atom stereocenters. The van der Waals surface area contributed by atoms with Crippen molar-refractivity contribution in [3.63, 3.8) is 0 Å². The molecule has 3 aromatic rings. The number of aromatic nitrogens is 2. The molecule has 1 fully saturated rings. The van der Waals surface area contributed by atoms with Gasteiger partial charge in [0.05, 0.1) is 18.1 Å². The molecule has 2 heterocycles. The third-order valence-corrected chi connectivity index (χ3v) is 6.00. The molecule has 1 saturated heterocycles. The molecular weight excluding hydrogens is 439 g/mol. The molecule has 1 aromatic heterocycles. The summed E-state index contributed by atoms with van der Waals surface area (Å²) in [6.45, 7) is 1.94. The van der Waals surface area contributed by atoms with Crippen LogP contribution in [0.1, 0.15) is 24.4 Å². The van der Waals surface area contributed by atoms with Crippen LogP contribution in [0.5, 0.6) is 11.5 Å². The van der Waals surface area contributed by atoms with Crippen molar-refractivity contribution in [3.8, 4) is 11.5 Å². The topological polar surface area (TPSA) is 65.7 Å². The Kier molecular flexibility index (Phi) is 6.20. The van der Waals surface area contributed by atoms with E-state index in [1.807, 2.05) is 0 Å².